The maximum atomic E-state index is 11.0. The van der Waals surface area contributed by atoms with Gasteiger partial charge in [0.25, 0.3) is 0 Å². The van der Waals surface area contributed by atoms with Gasteiger partial charge in [-0.3, -0.25) is 4.79 Å². The van der Waals surface area contributed by atoms with Gasteiger partial charge in [0.15, 0.2) is 0 Å². The summed E-state index contributed by atoms with van der Waals surface area (Å²) in [6.07, 6.45) is 1.02. The highest BCUT2D eigenvalue weighted by molar-refractivity contribution is 9.09. The SMILES string of the molecule is CCc1ccc(NC(=O)CBr)cc1. The van der Waals surface area contributed by atoms with Crippen LogP contribution in [0.1, 0.15) is 12.5 Å². The van der Waals surface area contributed by atoms with Crippen molar-refractivity contribution in [1.29, 1.82) is 0 Å². The first kappa shape index (κ1) is 10.3. The number of hydrogen-bond donors (Lipinski definition) is 1. The van der Waals surface area contributed by atoms with E-state index < -0.39 is 0 Å². The molecule has 0 heterocycles. The topological polar surface area (TPSA) is 29.1 Å². The lowest BCUT2D eigenvalue weighted by Crippen LogP contribution is -2.11. The Balaban J connectivity index is 2.64. The number of hydrogen-bond acceptors (Lipinski definition) is 1. The van der Waals surface area contributed by atoms with Crippen LogP contribution in [0.15, 0.2) is 24.3 Å². The molecule has 2 nitrogen and oxygen atoms in total. The molecule has 1 rings (SSSR count). The van der Waals surface area contributed by atoms with Crippen LogP contribution in [0.3, 0.4) is 0 Å². The molecule has 0 spiro atoms. The second-order valence-corrected chi connectivity index (χ2v) is 3.29. The first-order valence-electron chi connectivity index (χ1n) is 4.21. The number of rotatable bonds is 3. The maximum Gasteiger partial charge on any atom is 0.235 e. The predicted molar refractivity (Wildman–Crippen MR) is 58.2 cm³/mol. The molecule has 1 aromatic rings. The molecule has 0 aliphatic rings. The molecule has 0 fully saturated rings. The Morgan fingerprint density at radius 2 is 2.00 bits per heavy atom. The van der Waals surface area contributed by atoms with Crippen molar-refractivity contribution in [2.45, 2.75) is 13.3 Å². The van der Waals surface area contributed by atoms with Gasteiger partial charge in [-0.25, -0.2) is 0 Å². The van der Waals surface area contributed by atoms with Crippen molar-refractivity contribution in [2.75, 3.05) is 10.6 Å². The lowest BCUT2D eigenvalue weighted by molar-refractivity contribution is -0.113. The van der Waals surface area contributed by atoms with Crippen LogP contribution in [0.4, 0.5) is 5.69 Å². The Bertz CT molecular complexity index is 281. The summed E-state index contributed by atoms with van der Waals surface area (Å²) in [6.45, 7) is 2.10. The van der Waals surface area contributed by atoms with E-state index in [1.807, 2.05) is 24.3 Å². The Kier molecular flexibility index (Phi) is 3.96. The van der Waals surface area contributed by atoms with Gasteiger partial charge < -0.3 is 5.32 Å². The second kappa shape index (κ2) is 5.02. The van der Waals surface area contributed by atoms with Crippen LogP contribution in [-0.2, 0) is 11.2 Å². The number of anilines is 1. The number of carbonyl (C=O) groups excluding carboxylic acids is 1. The van der Waals surface area contributed by atoms with E-state index in [9.17, 15) is 4.79 Å². The van der Waals surface area contributed by atoms with Crippen LogP contribution in [0.2, 0.25) is 0 Å². The molecule has 3 heteroatoms. The van der Waals surface area contributed by atoms with E-state index in [1.54, 1.807) is 0 Å². The number of amides is 1. The summed E-state index contributed by atoms with van der Waals surface area (Å²) in [6, 6.07) is 7.87. The molecule has 0 saturated heterocycles. The normalized spacial score (nSPS) is 9.69. The second-order valence-electron chi connectivity index (χ2n) is 2.73. The molecule has 0 radical (unpaired) electrons. The molecule has 0 aliphatic heterocycles. The minimum atomic E-state index is -0.0238. The first-order valence-corrected chi connectivity index (χ1v) is 5.33. The summed E-state index contributed by atoms with van der Waals surface area (Å²) in [7, 11) is 0. The lowest BCUT2D eigenvalue weighted by atomic mass is 10.1. The highest BCUT2D eigenvalue weighted by Crippen LogP contribution is 2.09. The molecule has 13 heavy (non-hydrogen) atoms. The average molecular weight is 242 g/mol. The minimum absolute atomic E-state index is 0.0238. The van der Waals surface area contributed by atoms with Crippen molar-refractivity contribution in [1.82, 2.24) is 0 Å². The summed E-state index contributed by atoms with van der Waals surface area (Å²) in [4.78, 5) is 11.0. The number of halogens is 1. The van der Waals surface area contributed by atoms with Gasteiger partial charge in [-0.15, -0.1) is 0 Å². The summed E-state index contributed by atoms with van der Waals surface area (Å²) in [5, 5.41) is 3.09. The molecule has 0 atom stereocenters. The van der Waals surface area contributed by atoms with Gasteiger partial charge in [0.1, 0.15) is 0 Å². The molecular formula is C10H12BrNO. The lowest BCUT2D eigenvalue weighted by Gasteiger charge is -2.03. The van der Waals surface area contributed by atoms with Crippen molar-refractivity contribution in [2.24, 2.45) is 0 Å². The standard InChI is InChI=1S/C10H12BrNO/c1-2-8-3-5-9(6-4-8)12-10(13)7-11/h3-6H,2,7H2,1H3,(H,12,13). The van der Waals surface area contributed by atoms with Crippen molar-refractivity contribution < 1.29 is 4.79 Å². The number of aryl methyl sites for hydroxylation is 1. The van der Waals surface area contributed by atoms with Crippen LogP contribution >= 0.6 is 15.9 Å². The smallest absolute Gasteiger partial charge is 0.235 e. The quantitative estimate of drug-likeness (QED) is 0.811. The van der Waals surface area contributed by atoms with Crippen LogP contribution in [0.5, 0.6) is 0 Å². The molecule has 1 amide bonds. The van der Waals surface area contributed by atoms with Crippen LogP contribution in [0.25, 0.3) is 0 Å². The van der Waals surface area contributed by atoms with E-state index in [0.717, 1.165) is 12.1 Å². The summed E-state index contributed by atoms with van der Waals surface area (Å²) < 4.78 is 0. The predicted octanol–water partition coefficient (Wildman–Crippen LogP) is 2.58. The fraction of sp³-hybridized carbons (Fsp3) is 0.300. The Labute approximate surface area is 86.5 Å². The van der Waals surface area contributed by atoms with Gasteiger partial charge in [-0.1, -0.05) is 35.0 Å². The van der Waals surface area contributed by atoms with E-state index in [4.69, 9.17) is 0 Å². The Morgan fingerprint density at radius 3 is 2.46 bits per heavy atom. The monoisotopic (exact) mass is 241 g/mol. The Hall–Kier alpha value is -0.830. The van der Waals surface area contributed by atoms with E-state index in [-0.39, 0.29) is 5.91 Å². The third-order valence-corrected chi connectivity index (χ3v) is 2.28. The number of benzene rings is 1. The maximum absolute atomic E-state index is 11.0. The first-order chi connectivity index (χ1) is 6.26. The molecule has 1 N–H and O–H groups in total. The van der Waals surface area contributed by atoms with Gasteiger partial charge >= 0.3 is 0 Å². The van der Waals surface area contributed by atoms with Crippen molar-refractivity contribution >= 4 is 27.5 Å². The van der Waals surface area contributed by atoms with Crippen LogP contribution in [-0.4, -0.2) is 11.2 Å². The van der Waals surface area contributed by atoms with E-state index in [0.29, 0.717) is 5.33 Å². The van der Waals surface area contributed by atoms with E-state index >= 15 is 0 Å². The zero-order valence-electron chi connectivity index (χ0n) is 7.51. The van der Waals surface area contributed by atoms with Crippen LogP contribution in [0, 0.1) is 0 Å². The van der Waals surface area contributed by atoms with Gasteiger partial charge in [0, 0.05) is 5.69 Å². The van der Waals surface area contributed by atoms with Gasteiger partial charge in [0.05, 0.1) is 5.33 Å². The summed E-state index contributed by atoms with van der Waals surface area (Å²) in [5.41, 5.74) is 2.12. The number of alkyl halides is 1. The van der Waals surface area contributed by atoms with Gasteiger partial charge in [0.2, 0.25) is 5.91 Å². The van der Waals surface area contributed by atoms with Gasteiger partial charge in [-0.05, 0) is 24.1 Å². The van der Waals surface area contributed by atoms with E-state index in [1.165, 1.54) is 5.56 Å². The fourth-order valence-corrected chi connectivity index (χ4v) is 1.16. The molecule has 0 aromatic heterocycles. The summed E-state index contributed by atoms with van der Waals surface area (Å²) >= 11 is 3.09. The molecule has 0 bridgehead atoms. The largest absolute Gasteiger partial charge is 0.325 e. The molecule has 1 aromatic carbocycles. The third kappa shape index (κ3) is 3.19. The molecule has 0 unspecified atom stereocenters. The van der Waals surface area contributed by atoms with Crippen molar-refractivity contribution in [3.05, 3.63) is 29.8 Å². The number of nitrogens with one attached hydrogen (secondary N) is 1. The highest BCUT2D eigenvalue weighted by atomic mass is 79.9. The zero-order chi connectivity index (χ0) is 9.68. The molecule has 70 valence electrons. The van der Waals surface area contributed by atoms with Crippen molar-refractivity contribution in [3.63, 3.8) is 0 Å². The van der Waals surface area contributed by atoms with Crippen molar-refractivity contribution in [3.8, 4) is 0 Å². The average Bonchev–Trinajstić information content (AvgIpc) is 2.19. The summed E-state index contributed by atoms with van der Waals surface area (Å²) in [5.74, 6) is -0.0238. The fourth-order valence-electron chi connectivity index (χ4n) is 1.02. The number of carbonyl (C=O) groups is 1. The minimum Gasteiger partial charge on any atom is -0.325 e. The molecule has 0 aliphatic carbocycles. The van der Waals surface area contributed by atoms with Crippen LogP contribution < -0.4 is 5.32 Å². The molecular weight excluding hydrogens is 230 g/mol. The van der Waals surface area contributed by atoms with Gasteiger partial charge in [-0.2, -0.15) is 0 Å². The zero-order valence-corrected chi connectivity index (χ0v) is 9.10. The molecule has 0 saturated carbocycles. The highest BCUT2D eigenvalue weighted by Gasteiger charge is 1.98. The third-order valence-electron chi connectivity index (χ3n) is 1.77. The van der Waals surface area contributed by atoms with E-state index in [2.05, 4.69) is 28.2 Å². The Morgan fingerprint density at radius 1 is 1.38 bits per heavy atom.